The van der Waals surface area contributed by atoms with Gasteiger partial charge in [0.2, 0.25) is 0 Å². The van der Waals surface area contributed by atoms with Gasteiger partial charge >= 0.3 is 6.18 Å². The quantitative estimate of drug-likeness (QED) is 0.752. The fourth-order valence-corrected chi connectivity index (χ4v) is 1.72. The molecular formula is C11H23F3N2O. The molecule has 104 valence electrons. The molecular weight excluding hydrogens is 233 g/mol. The first-order valence-corrected chi connectivity index (χ1v) is 5.60. The van der Waals surface area contributed by atoms with Gasteiger partial charge in [0.05, 0.1) is 12.1 Å². The second-order valence-electron chi connectivity index (χ2n) is 4.79. The van der Waals surface area contributed by atoms with Gasteiger partial charge in [-0.05, 0) is 40.9 Å². The minimum Gasteiger partial charge on any atom is -0.377 e. The smallest absolute Gasteiger partial charge is 0.377 e. The molecule has 0 aromatic rings. The van der Waals surface area contributed by atoms with E-state index in [2.05, 4.69) is 5.32 Å². The predicted molar refractivity (Wildman–Crippen MR) is 62.1 cm³/mol. The molecule has 0 heterocycles. The Labute approximate surface area is 101 Å². The van der Waals surface area contributed by atoms with Gasteiger partial charge in [-0.25, -0.2) is 0 Å². The third-order valence-electron chi connectivity index (χ3n) is 2.96. The molecule has 0 saturated heterocycles. The lowest BCUT2D eigenvalue weighted by atomic mass is 9.95. The molecule has 0 bridgehead atoms. The van der Waals surface area contributed by atoms with E-state index in [4.69, 9.17) is 4.74 Å². The van der Waals surface area contributed by atoms with Crippen LogP contribution in [0, 0.1) is 0 Å². The first-order valence-electron chi connectivity index (χ1n) is 5.60. The predicted octanol–water partition coefficient (Wildman–Crippen LogP) is 1.88. The van der Waals surface area contributed by atoms with E-state index in [-0.39, 0.29) is 6.04 Å². The molecule has 1 unspecified atom stereocenters. The monoisotopic (exact) mass is 256 g/mol. The Morgan fingerprint density at radius 2 is 1.82 bits per heavy atom. The molecule has 0 aromatic heterocycles. The molecule has 6 heteroatoms. The maximum Gasteiger partial charge on any atom is 0.401 e. The molecule has 0 spiro atoms. The van der Waals surface area contributed by atoms with Crippen LogP contribution in [0.2, 0.25) is 0 Å². The first kappa shape index (κ1) is 16.7. The van der Waals surface area contributed by atoms with Gasteiger partial charge in [0.1, 0.15) is 0 Å². The summed E-state index contributed by atoms with van der Waals surface area (Å²) >= 11 is 0. The maximum atomic E-state index is 12.1. The molecule has 3 nitrogen and oxygen atoms in total. The largest absolute Gasteiger partial charge is 0.401 e. The topological polar surface area (TPSA) is 24.5 Å². The number of likely N-dealkylation sites (N-methyl/N-ethyl adjacent to an activating group) is 1. The van der Waals surface area contributed by atoms with Gasteiger partial charge in [0, 0.05) is 13.2 Å². The molecule has 0 amide bonds. The zero-order valence-corrected chi connectivity index (χ0v) is 11.2. The van der Waals surface area contributed by atoms with E-state index in [1.807, 2.05) is 13.8 Å². The van der Waals surface area contributed by atoms with Crippen LogP contribution < -0.4 is 5.32 Å². The van der Waals surface area contributed by atoms with Gasteiger partial charge in [0.15, 0.2) is 0 Å². The minimum absolute atomic E-state index is 0.0168. The van der Waals surface area contributed by atoms with E-state index in [0.717, 1.165) is 0 Å². The van der Waals surface area contributed by atoms with Crippen LogP contribution in [0.3, 0.4) is 0 Å². The Balaban J connectivity index is 4.16. The highest BCUT2D eigenvalue weighted by Gasteiger charge is 2.31. The lowest BCUT2D eigenvalue weighted by Crippen LogP contribution is -2.48. The summed E-state index contributed by atoms with van der Waals surface area (Å²) in [5.41, 5.74) is -0.395. The first-order chi connectivity index (χ1) is 7.62. The minimum atomic E-state index is -4.14. The fourth-order valence-electron chi connectivity index (χ4n) is 1.72. The number of nitrogens with one attached hydrogen (secondary N) is 1. The maximum absolute atomic E-state index is 12.1. The summed E-state index contributed by atoms with van der Waals surface area (Å²) in [5, 5.41) is 3.08. The van der Waals surface area contributed by atoms with Crippen LogP contribution in [0.5, 0.6) is 0 Å². The molecule has 0 aliphatic carbocycles. The molecule has 0 aliphatic rings. The lowest BCUT2D eigenvalue weighted by Gasteiger charge is -2.34. The van der Waals surface area contributed by atoms with E-state index in [1.54, 1.807) is 14.2 Å². The second kappa shape index (κ2) is 6.56. The Hall–Kier alpha value is -0.330. The number of alkyl halides is 3. The zero-order valence-electron chi connectivity index (χ0n) is 11.2. The van der Waals surface area contributed by atoms with Crippen molar-refractivity contribution in [1.82, 2.24) is 10.2 Å². The van der Waals surface area contributed by atoms with E-state index in [1.165, 1.54) is 11.9 Å². The molecule has 1 N–H and O–H groups in total. The zero-order chi connectivity index (χ0) is 13.7. The van der Waals surface area contributed by atoms with Gasteiger partial charge in [-0.1, -0.05) is 0 Å². The fraction of sp³-hybridized carbons (Fsp3) is 1.00. The highest BCUT2D eigenvalue weighted by molar-refractivity contribution is 4.85. The van der Waals surface area contributed by atoms with Crippen molar-refractivity contribution in [2.45, 2.75) is 38.1 Å². The number of hydrogen-bond donors (Lipinski definition) is 1. The van der Waals surface area contributed by atoms with Gasteiger partial charge in [0.25, 0.3) is 0 Å². The number of halogens is 3. The lowest BCUT2D eigenvalue weighted by molar-refractivity contribution is -0.143. The molecule has 0 fully saturated rings. The Morgan fingerprint density at radius 1 is 1.29 bits per heavy atom. The number of nitrogens with zero attached hydrogens (tertiary/aromatic N) is 1. The van der Waals surface area contributed by atoms with Crippen molar-refractivity contribution in [3.05, 3.63) is 0 Å². The molecule has 0 radical (unpaired) electrons. The third-order valence-corrected chi connectivity index (χ3v) is 2.96. The Morgan fingerprint density at radius 3 is 2.18 bits per heavy atom. The van der Waals surface area contributed by atoms with Crippen molar-refractivity contribution in [1.29, 1.82) is 0 Å². The van der Waals surface area contributed by atoms with Crippen molar-refractivity contribution in [3.63, 3.8) is 0 Å². The second-order valence-corrected chi connectivity index (χ2v) is 4.79. The normalized spacial score (nSPS) is 15.4. The number of hydrogen-bond acceptors (Lipinski definition) is 3. The molecule has 0 rings (SSSR count). The average molecular weight is 256 g/mol. The molecule has 0 aromatic carbocycles. The van der Waals surface area contributed by atoms with Gasteiger partial charge in [-0.15, -0.1) is 0 Å². The Bertz CT molecular complexity index is 219. The van der Waals surface area contributed by atoms with Crippen molar-refractivity contribution >= 4 is 0 Å². The van der Waals surface area contributed by atoms with Crippen LogP contribution in [0.1, 0.15) is 20.3 Å². The average Bonchev–Trinajstić information content (AvgIpc) is 2.15. The third kappa shape index (κ3) is 6.85. The summed E-state index contributed by atoms with van der Waals surface area (Å²) in [6.45, 7) is 3.32. The van der Waals surface area contributed by atoms with Gasteiger partial charge < -0.3 is 10.1 Å². The SMILES string of the molecule is CNC(CCN(C)CC(F)(F)F)C(C)(C)OC. The van der Waals surface area contributed by atoms with Crippen molar-refractivity contribution in [2.75, 3.05) is 34.3 Å². The van der Waals surface area contributed by atoms with Crippen LogP contribution in [-0.2, 0) is 4.74 Å². The summed E-state index contributed by atoms with van der Waals surface area (Å²) in [6.07, 6.45) is -3.54. The number of ether oxygens (including phenoxy) is 1. The van der Waals surface area contributed by atoms with E-state index >= 15 is 0 Å². The van der Waals surface area contributed by atoms with E-state index in [0.29, 0.717) is 13.0 Å². The van der Waals surface area contributed by atoms with Crippen LogP contribution in [0.4, 0.5) is 13.2 Å². The van der Waals surface area contributed by atoms with Crippen LogP contribution in [-0.4, -0.2) is 57.0 Å². The van der Waals surface area contributed by atoms with Crippen LogP contribution in [0.15, 0.2) is 0 Å². The summed E-state index contributed by atoms with van der Waals surface area (Å²) in [4.78, 5) is 1.27. The summed E-state index contributed by atoms with van der Waals surface area (Å²) in [6, 6.07) is 0.0168. The van der Waals surface area contributed by atoms with E-state index < -0.39 is 18.3 Å². The summed E-state index contributed by atoms with van der Waals surface area (Å²) < 4.78 is 41.7. The van der Waals surface area contributed by atoms with Crippen molar-refractivity contribution in [3.8, 4) is 0 Å². The van der Waals surface area contributed by atoms with Crippen molar-refractivity contribution < 1.29 is 17.9 Å². The van der Waals surface area contributed by atoms with Crippen LogP contribution >= 0.6 is 0 Å². The highest BCUT2D eigenvalue weighted by Crippen LogP contribution is 2.19. The molecule has 0 aliphatic heterocycles. The van der Waals surface area contributed by atoms with Gasteiger partial charge in [-0.2, -0.15) is 13.2 Å². The number of rotatable bonds is 7. The standard InChI is InChI=1S/C11H23F3N2O/c1-10(2,17-5)9(15-3)6-7-16(4)8-11(12,13)14/h9,15H,6-8H2,1-5H3. The van der Waals surface area contributed by atoms with E-state index in [9.17, 15) is 13.2 Å². The van der Waals surface area contributed by atoms with Crippen LogP contribution in [0.25, 0.3) is 0 Å². The Kier molecular flexibility index (Phi) is 6.43. The summed E-state index contributed by atoms with van der Waals surface area (Å²) in [7, 11) is 4.86. The summed E-state index contributed by atoms with van der Waals surface area (Å²) in [5.74, 6) is 0. The highest BCUT2D eigenvalue weighted by atomic mass is 19.4. The number of methoxy groups -OCH3 is 1. The van der Waals surface area contributed by atoms with Gasteiger partial charge in [-0.3, -0.25) is 4.90 Å². The van der Waals surface area contributed by atoms with Crippen molar-refractivity contribution in [2.24, 2.45) is 0 Å². The molecule has 0 saturated carbocycles. The molecule has 17 heavy (non-hydrogen) atoms. The molecule has 1 atom stereocenters.